The van der Waals surface area contributed by atoms with Crippen molar-refractivity contribution in [3.63, 3.8) is 0 Å². The van der Waals surface area contributed by atoms with Gasteiger partial charge in [0, 0.05) is 17.7 Å². The van der Waals surface area contributed by atoms with Crippen LogP contribution in [0.2, 0.25) is 0 Å². The third-order valence-electron chi connectivity index (χ3n) is 3.45. The van der Waals surface area contributed by atoms with E-state index in [-0.39, 0.29) is 0 Å². The second kappa shape index (κ2) is 6.54. The fourth-order valence-corrected chi connectivity index (χ4v) is 2.16. The molecule has 0 aliphatic rings. The largest absolute Gasteiger partial charge is 0.340 e. The molecule has 1 aromatic heterocycles. The minimum atomic E-state index is 0.668. The molecule has 0 unspecified atom stereocenters. The summed E-state index contributed by atoms with van der Waals surface area (Å²) in [6.07, 6.45) is 1.83. The van der Waals surface area contributed by atoms with Crippen molar-refractivity contribution >= 4 is 17.3 Å². The highest BCUT2D eigenvalue weighted by atomic mass is 15.3. The minimum absolute atomic E-state index is 0.668. The van der Waals surface area contributed by atoms with Crippen LogP contribution >= 0.6 is 0 Å². The van der Waals surface area contributed by atoms with Crippen LogP contribution in [0.5, 0.6) is 0 Å². The van der Waals surface area contributed by atoms with Gasteiger partial charge in [-0.05, 0) is 44.4 Å². The van der Waals surface area contributed by atoms with Gasteiger partial charge >= 0.3 is 0 Å². The number of anilines is 3. The zero-order valence-electron chi connectivity index (χ0n) is 13.1. The first-order valence-corrected chi connectivity index (χ1v) is 7.23. The number of aromatic nitrogens is 2. The van der Waals surface area contributed by atoms with E-state index in [1.165, 1.54) is 11.1 Å². The van der Waals surface area contributed by atoms with E-state index in [1.807, 2.05) is 6.92 Å². The second-order valence-corrected chi connectivity index (χ2v) is 5.30. The Labute approximate surface area is 126 Å². The van der Waals surface area contributed by atoms with Crippen molar-refractivity contribution < 1.29 is 0 Å². The molecule has 0 saturated heterocycles. The molecule has 0 fully saturated rings. The summed E-state index contributed by atoms with van der Waals surface area (Å²) < 4.78 is 0. The first-order valence-electron chi connectivity index (χ1n) is 7.23. The first kappa shape index (κ1) is 15.3. The lowest BCUT2D eigenvalue weighted by atomic mass is 10.1. The summed E-state index contributed by atoms with van der Waals surface area (Å²) in [7, 11) is 0. The van der Waals surface area contributed by atoms with Crippen molar-refractivity contribution in [1.82, 2.24) is 9.97 Å². The van der Waals surface area contributed by atoms with Crippen LogP contribution in [0, 0.1) is 20.8 Å². The lowest BCUT2D eigenvalue weighted by molar-refractivity contribution is 0.833. The number of nitrogen functional groups attached to an aromatic ring is 1. The Morgan fingerprint density at radius 2 is 1.81 bits per heavy atom. The Hall–Kier alpha value is -2.14. The molecule has 0 atom stereocenters. The number of benzene rings is 1. The molecule has 1 heterocycles. The maximum Gasteiger partial charge on any atom is 0.148 e. The smallest absolute Gasteiger partial charge is 0.148 e. The van der Waals surface area contributed by atoms with Crippen LogP contribution in [-0.2, 0) is 6.42 Å². The van der Waals surface area contributed by atoms with Crippen LogP contribution in [0.4, 0.5) is 17.3 Å². The molecule has 0 amide bonds. The fraction of sp³-hybridized carbons (Fsp3) is 0.375. The van der Waals surface area contributed by atoms with Crippen LogP contribution < -0.4 is 16.6 Å². The third kappa shape index (κ3) is 3.49. The van der Waals surface area contributed by atoms with Crippen molar-refractivity contribution in [2.75, 3.05) is 10.7 Å². The lowest BCUT2D eigenvalue weighted by Gasteiger charge is -2.15. The average molecular weight is 285 g/mol. The summed E-state index contributed by atoms with van der Waals surface area (Å²) >= 11 is 0. The molecule has 1 aromatic carbocycles. The first-order chi connectivity index (χ1) is 10.0. The van der Waals surface area contributed by atoms with E-state index in [1.54, 1.807) is 0 Å². The number of nitrogens with one attached hydrogen (secondary N) is 2. The van der Waals surface area contributed by atoms with Gasteiger partial charge in [0.05, 0.1) is 0 Å². The molecular weight excluding hydrogens is 262 g/mol. The highest BCUT2D eigenvalue weighted by molar-refractivity contribution is 5.67. The van der Waals surface area contributed by atoms with Gasteiger partial charge in [0.2, 0.25) is 0 Å². The predicted octanol–water partition coefficient (Wildman–Crippen LogP) is 3.38. The number of nitrogens with two attached hydrogens (primary N) is 1. The molecule has 2 aromatic rings. The molecule has 4 N–H and O–H groups in total. The summed E-state index contributed by atoms with van der Waals surface area (Å²) in [4.78, 5) is 9.05. The molecule has 5 nitrogen and oxygen atoms in total. The Morgan fingerprint density at radius 3 is 2.48 bits per heavy atom. The molecule has 112 valence electrons. The van der Waals surface area contributed by atoms with Gasteiger partial charge in [-0.3, -0.25) is 0 Å². The highest BCUT2D eigenvalue weighted by Gasteiger charge is 2.11. The van der Waals surface area contributed by atoms with E-state index in [0.717, 1.165) is 35.7 Å². The van der Waals surface area contributed by atoms with E-state index in [0.29, 0.717) is 5.82 Å². The van der Waals surface area contributed by atoms with E-state index >= 15 is 0 Å². The lowest BCUT2D eigenvalue weighted by Crippen LogP contribution is -2.14. The van der Waals surface area contributed by atoms with Crippen molar-refractivity contribution in [3.05, 3.63) is 40.7 Å². The molecule has 5 heteroatoms. The minimum Gasteiger partial charge on any atom is -0.340 e. The summed E-state index contributed by atoms with van der Waals surface area (Å²) in [5, 5.41) is 3.41. The molecule has 0 aliphatic carbocycles. The van der Waals surface area contributed by atoms with Crippen LogP contribution in [0.25, 0.3) is 0 Å². The van der Waals surface area contributed by atoms with E-state index in [2.05, 4.69) is 59.7 Å². The summed E-state index contributed by atoms with van der Waals surface area (Å²) in [5.74, 6) is 7.83. The van der Waals surface area contributed by atoms with Crippen molar-refractivity contribution in [2.24, 2.45) is 5.84 Å². The van der Waals surface area contributed by atoms with Gasteiger partial charge in [-0.25, -0.2) is 15.8 Å². The summed E-state index contributed by atoms with van der Waals surface area (Å²) in [6, 6.07) is 6.32. The topological polar surface area (TPSA) is 75.9 Å². The van der Waals surface area contributed by atoms with Gasteiger partial charge in [-0.15, -0.1) is 0 Å². The van der Waals surface area contributed by atoms with Gasteiger partial charge < -0.3 is 10.7 Å². The predicted molar refractivity (Wildman–Crippen MR) is 87.8 cm³/mol. The van der Waals surface area contributed by atoms with Crippen molar-refractivity contribution in [2.45, 2.75) is 40.5 Å². The van der Waals surface area contributed by atoms with Gasteiger partial charge in [0.25, 0.3) is 0 Å². The number of aryl methyl sites for hydroxylation is 3. The molecule has 0 aliphatic heterocycles. The Balaban J connectivity index is 2.42. The second-order valence-electron chi connectivity index (χ2n) is 5.30. The molecule has 0 spiro atoms. The Morgan fingerprint density at radius 1 is 1.10 bits per heavy atom. The quantitative estimate of drug-likeness (QED) is 0.580. The van der Waals surface area contributed by atoms with Gasteiger partial charge in [0.1, 0.15) is 17.5 Å². The van der Waals surface area contributed by atoms with Crippen LogP contribution in [0.3, 0.4) is 0 Å². The number of nitrogens with zero attached hydrogens (tertiary/aromatic N) is 2. The Bertz CT molecular complexity index is 637. The number of hydrogen-bond acceptors (Lipinski definition) is 5. The average Bonchev–Trinajstić information content (AvgIpc) is 2.46. The van der Waals surface area contributed by atoms with Gasteiger partial charge in [-0.1, -0.05) is 19.1 Å². The third-order valence-corrected chi connectivity index (χ3v) is 3.45. The molecule has 0 saturated carbocycles. The van der Waals surface area contributed by atoms with Gasteiger partial charge in [-0.2, -0.15) is 0 Å². The number of rotatable bonds is 5. The fourth-order valence-electron chi connectivity index (χ4n) is 2.16. The summed E-state index contributed by atoms with van der Waals surface area (Å²) in [6.45, 7) is 8.22. The molecule has 0 radical (unpaired) electrons. The highest BCUT2D eigenvalue weighted by Crippen LogP contribution is 2.26. The molecule has 0 bridgehead atoms. The van der Waals surface area contributed by atoms with E-state index in [4.69, 9.17) is 5.84 Å². The van der Waals surface area contributed by atoms with Crippen molar-refractivity contribution in [1.29, 1.82) is 0 Å². The molecule has 21 heavy (non-hydrogen) atoms. The monoisotopic (exact) mass is 285 g/mol. The molecule has 2 rings (SSSR count). The maximum absolute atomic E-state index is 5.56. The van der Waals surface area contributed by atoms with Crippen LogP contribution in [0.1, 0.15) is 35.9 Å². The van der Waals surface area contributed by atoms with Crippen LogP contribution in [0.15, 0.2) is 18.2 Å². The summed E-state index contributed by atoms with van der Waals surface area (Å²) in [5.41, 5.74) is 7.02. The molecular formula is C16H23N5. The van der Waals surface area contributed by atoms with Gasteiger partial charge in [0.15, 0.2) is 0 Å². The maximum atomic E-state index is 5.56. The van der Waals surface area contributed by atoms with E-state index in [9.17, 15) is 0 Å². The standard InChI is InChI=1S/C16H23N5/c1-5-6-14-19-15(12(4)16(20-14)21-17)18-13-9-10(2)7-8-11(13)3/h7-9H,5-6,17H2,1-4H3,(H2,18,19,20,21). The van der Waals surface area contributed by atoms with Crippen LogP contribution in [-0.4, -0.2) is 9.97 Å². The normalized spacial score (nSPS) is 10.5. The zero-order chi connectivity index (χ0) is 15.4. The Kier molecular flexibility index (Phi) is 4.75. The SMILES string of the molecule is CCCc1nc(NN)c(C)c(Nc2cc(C)ccc2C)n1. The number of hydrogen-bond donors (Lipinski definition) is 3. The van der Waals surface area contributed by atoms with Crippen molar-refractivity contribution in [3.8, 4) is 0 Å². The van der Waals surface area contributed by atoms with E-state index < -0.39 is 0 Å². The number of hydrazine groups is 1. The zero-order valence-corrected chi connectivity index (χ0v) is 13.1.